The molecule has 1 aliphatic heterocycles. The first-order chi connectivity index (χ1) is 17.6. The minimum Gasteiger partial charge on any atom is -0.354 e. The van der Waals surface area contributed by atoms with Gasteiger partial charge >= 0.3 is 0 Å². The highest BCUT2D eigenvalue weighted by Crippen LogP contribution is 2.38. The van der Waals surface area contributed by atoms with Gasteiger partial charge < -0.3 is 14.8 Å². The van der Waals surface area contributed by atoms with Crippen LogP contribution in [0.1, 0.15) is 36.5 Å². The summed E-state index contributed by atoms with van der Waals surface area (Å²) in [6.45, 7) is 11.3. The number of aryl methyl sites for hydroxylation is 1. The molecule has 11 heteroatoms. The van der Waals surface area contributed by atoms with Crippen molar-refractivity contribution in [2.24, 2.45) is 0 Å². The van der Waals surface area contributed by atoms with E-state index in [9.17, 15) is 8.42 Å². The van der Waals surface area contributed by atoms with Crippen LogP contribution in [0.2, 0.25) is 0 Å². The zero-order valence-corrected chi connectivity index (χ0v) is 23.3. The van der Waals surface area contributed by atoms with Crippen LogP contribution in [0.25, 0.3) is 27.9 Å². The molecule has 37 heavy (non-hydrogen) atoms. The maximum Gasteiger partial charge on any atom is 0.215 e. The van der Waals surface area contributed by atoms with E-state index in [2.05, 4.69) is 53.7 Å². The van der Waals surface area contributed by atoms with E-state index in [1.165, 1.54) is 11.1 Å². The Balaban J connectivity index is 1.46. The molecule has 1 fully saturated rings. The van der Waals surface area contributed by atoms with Gasteiger partial charge in [-0.2, -0.15) is 9.40 Å². The maximum atomic E-state index is 12.7. The lowest BCUT2D eigenvalue weighted by atomic mass is 9.95. The average Bonchev–Trinajstić information content (AvgIpc) is 3.49. The van der Waals surface area contributed by atoms with Crippen LogP contribution in [0.15, 0.2) is 24.7 Å². The number of nitrogens with zero attached hydrogens (tertiary/aromatic N) is 7. The molecule has 0 radical (unpaired) electrons. The highest BCUT2D eigenvalue weighted by Gasteiger charge is 2.28. The van der Waals surface area contributed by atoms with Gasteiger partial charge in [-0.15, -0.1) is 0 Å². The fourth-order valence-corrected chi connectivity index (χ4v) is 6.68. The summed E-state index contributed by atoms with van der Waals surface area (Å²) in [5.74, 6) is 1.27. The number of anilines is 1. The SMILES string of the molecule is Cc1c(-c2[nH]c3ccc(N4CCN(S(=O)(=O)CCN(C)C)CC4)nc3c2C(C)C)cn2ncnc2c1C. The van der Waals surface area contributed by atoms with Crippen LogP contribution in [-0.2, 0) is 10.0 Å². The van der Waals surface area contributed by atoms with Crippen molar-refractivity contribution >= 4 is 32.5 Å². The average molecular weight is 525 g/mol. The third-order valence-corrected chi connectivity index (χ3v) is 9.24. The second-order valence-corrected chi connectivity index (χ2v) is 12.5. The highest BCUT2D eigenvalue weighted by molar-refractivity contribution is 7.89. The van der Waals surface area contributed by atoms with Crippen molar-refractivity contribution in [2.45, 2.75) is 33.6 Å². The molecule has 5 heterocycles. The molecule has 0 unspecified atom stereocenters. The molecule has 0 saturated carbocycles. The highest BCUT2D eigenvalue weighted by atomic mass is 32.2. The van der Waals surface area contributed by atoms with E-state index in [0.717, 1.165) is 39.3 Å². The number of fused-ring (bicyclic) bond motifs is 2. The first-order valence-electron chi connectivity index (χ1n) is 12.8. The lowest BCUT2D eigenvalue weighted by Gasteiger charge is -2.35. The molecule has 0 aliphatic carbocycles. The number of H-pyrrole nitrogens is 1. The summed E-state index contributed by atoms with van der Waals surface area (Å²) in [5, 5.41) is 4.37. The fourth-order valence-electron chi connectivity index (χ4n) is 5.10. The number of rotatable bonds is 7. The Labute approximate surface area is 218 Å². The van der Waals surface area contributed by atoms with Gasteiger partial charge in [-0.25, -0.2) is 22.9 Å². The normalized spacial score (nSPS) is 15.6. The van der Waals surface area contributed by atoms with Crippen molar-refractivity contribution in [1.29, 1.82) is 0 Å². The van der Waals surface area contributed by atoms with E-state index in [4.69, 9.17) is 4.98 Å². The predicted octanol–water partition coefficient (Wildman–Crippen LogP) is 3.03. The topological polar surface area (TPSA) is 103 Å². The first kappa shape index (κ1) is 25.6. The second-order valence-electron chi connectivity index (χ2n) is 10.5. The second kappa shape index (κ2) is 9.70. The Kier molecular flexibility index (Phi) is 6.71. The number of sulfonamides is 1. The van der Waals surface area contributed by atoms with Gasteiger partial charge in [0.2, 0.25) is 10.0 Å². The van der Waals surface area contributed by atoms with E-state index in [1.807, 2.05) is 35.8 Å². The maximum absolute atomic E-state index is 12.7. The van der Waals surface area contributed by atoms with E-state index in [-0.39, 0.29) is 11.7 Å². The molecule has 0 aromatic carbocycles. The lowest BCUT2D eigenvalue weighted by molar-refractivity contribution is 0.374. The van der Waals surface area contributed by atoms with Gasteiger partial charge in [0.25, 0.3) is 0 Å². The van der Waals surface area contributed by atoms with Crippen molar-refractivity contribution in [2.75, 3.05) is 57.5 Å². The van der Waals surface area contributed by atoms with Gasteiger partial charge in [-0.05, 0) is 57.1 Å². The zero-order chi connectivity index (χ0) is 26.5. The van der Waals surface area contributed by atoms with Gasteiger partial charge in [0.05, 0.1) is 22.5 Å². The van der Waals surface area contributed by atoms with Crippen molar-refractivity contribution in [1.82, 2.24) is 33.8 Å². The molecule has 4 aromatic rings. The van der Waals surface area contributed by atoms with E-state index >= 15 is 0 Å². The van der Waals surface area contributed by atoms with Crippen LogP contribution in [0.3, 0.4) is 0 Å². The minimum atomic E-state index is -3.26. The Morgan fingerprint density at radius 2 is 1.81 bits per heavy atom. The Hall–Kier alpha value is -3.02. The molecule has 1 aliphatic rings. The molecule has 0 spiro atoms. The lowest BCUT2D eigenvalue weighted by Crippen LogP contribution is -2.50. The summed E-state index contributed by atoms with van der Waals surface area (Å²) >= 11 is 0. The van der Waals surface area contributed by atoms with Crippen LogP contribution in [0, 0.1) is 13.8 Å². The van der Waals surface area contributed by atoms with Gasteiger partial charge in [-0.1, -0.05) is 13.8 Å². The number of aromatic amines is 1. The molecule has 198 valence electrons. The van der Waals surface area contributed by atoms with E-state index < -0.39 is 10.0 Å². The van der Waals surface area contributed by atoms with Crippen molar-refractivity contribution in [3.63, 3.8) is 0 Å². The minimum absolute atomic E-state index is 0.146. The summed E-state index contributed by atoms with van der Waals surface area (Å²) in [6.07, 6.45) is 3.62. The molecule has 4 aromatic heterocycles. The molecule has 10 nitrogen and oxygen atoms in total. The molecule has 0 bridgehead atoms. The van der Waals surface area contributed by atoms with Gasteiger partial charge in [0.15, 0.2) is 5.65 Å². The van der Waals surface area contributed by atoms with E-state index in [1.54, 1.807) is 10.6 Å². The molecular weight excluding hydrogens is 488 g/mol. The Bertz CT molecular complexity index is 1550. The summed E-state index contributed by atoms with van der Waals surface area (Å²) in [4.78, 5) is 17.2. The molecule has 1 N–H and O–H groups in total. The number of nitrogens with one attached hydrogen (secondary N) is 1. The standard InChI is InChI=1S/C26H36N8O2S/c1-17(2)23-24(20-15-34-26(27-16-28-34)19(4)18(20)3)29-21-7-8-22(30-25(21)23)32-9-11-33(12-10-32)37(35,36)14-13-31(5)6/h7-8,15-17,29H,9-14H2,1-6H3. The fraction of sp³-hybridized carbons (Fsp3) is 0.500. The van der Waals surface area contributed by atoms with Crippen molar-refractivity contribution in [3.05, 3.63) is 41.3 Å². The van der Waals surface area contributed by atoms with Crippen molar-refractivity contribution in [3.8, 4) is 11.3 Å². The zero-order valence-electron chi connectivity index (χ0n) is 22.5. The third kappa shape index (κ3) is 4.71. The molecule has 5 rings (SSSR count). The molecule has 1 saturated heterocycles. The smallest absolute Gasteiger partial charge is 0.215 e. The number of hydrogen-bond acceptors (Lipinski definition) is 7. The first-order valence-corrected chi connectivity index (χ1v) is 14.4. The molecule has 0 amide bonds. The van der Waals surface area contributed by atoms with Gasteiger partial charge in [-0.3, -0.25) is 0 Å². The Morgan fingerprint density at radius 3 is 2.49 bits per heavy atom. The monoisotopic (exact) mass is 524 g/mol. The predicted molar refractivity (Wildman–Crippen MR) is 148 cm³/mol. The van der Waals surface area contributed by atoms with Crippen LogP contribution in [-0.4, -0.2) is 94.8 Å². The van der Waals surface area contributed by atoms with Gasteiger partial charge in [0, 0.05) is 50.0 Å². The quantitative estimate of drug-likeness (QED) is 0.396. The summed E-state index contributed by atoms with van der Waals surface area (Å²) in [6, 6.07) is 4.12. The summed E-state index contributed by atoms with van der Waals surface area (Å²) in [7, 11) is 0.528. The van der Waals surface area contributed by atoms with Crippen LogP contribution >= 0.6 is 0 Å². The van der Waals surface area contributed by atoms with E-state index in [0.29, 0.717) is 32.7 Å². The molecule has 0 atom stereocenters. The Morgan fingerprint density at radius 1 is 1.08 bits per heavy atom. The summed E-state index contributed by atoms with van der Waals surface area (Å²) in [5.41, 5.74) is 8.41. The largest absolute Gasteiger partial charge is 0.354 e. The summed E-state index contributed by atoms with van der Waals surface area (Å²) < 4.78 is 28.9. The number of aromatic nitrogens is 5. The molecular formula is C26H36N8O2S. The van der Waals surface area contributed by atoms with Crippen molar-refractivity contribution < 1.29 is 8.42 Å². The van der Waals surface area contributed by atoms with Crippen LogP contribution < -0.4 is 4.90 Å². The number of hydrogen-bond donors (Lipinski definition) is 1. The third-order valence-electron chi connectivity index (χ3n) is 7.39. The number of piperazine rings is 1. The van der Waals surface area contributed by atoms with Gasteiger partial charge in [0.1, 0.15) is 12.1 Å². The van der Waals surface area contributed by atoms with Crippen LogP contribution in [0.5, 0.6) is 0 Å². The van der Waals surface area contributed by atoms with Crippen LogP contribution in [0.4, 0.5) is 5.82 Å². The number of pyridine rings is 2.